The van der Waals surface area contributed by atoms with Gasteiger partial charge in [-0.15, -0.1) is 10.2 Å². The van der Waals surface area contributed by atoms with E-state index in [2.05, 4.69) is 26.1 Å². The second-order valence-electron chi connectivity index (χ2n) is 5.77. The fraction of sp³-hybridized carbons (Fsp3) is 0.353. The Labute approximate surface area is 139 Å². The lowest BCUT2D eigenvalue weighted by Gasteiger charge is -2.27. The van der Waals surface area contributed by atoms with Gasteiger partial charge in [0.1, 0.15) is 17.8 Å². The van der Waals surface area contributed by atoms with Crippen molar-refractivity contribution >= 4 is 11.5 Å². The first kappa shape index (κ1) is 14.7. The monoisotopic (exact) mass is 325 g/mol. The van der Waals surface area contributed by atoms with Crippen molar-refractivity contribution in [3.05, 3.63) is 42.5 Å². The van der Waals surface area contributed by atoms with Crippen molar-refractivity contribution in [2.45, 2.75) is 18.9 Å². The summed E-state index contributed by atoms with van der Waals surface area (Å²) in [7, 11) is 3.35. The van der Waals surface area contributed by atoms with Crippen LogP contribution in [0.15, 0.2) is 36.9 Å². The lowest BCUT2D eigenvalue weighted by Crippen LogP contribution is -2.24. The number of anilines is 1. The average molecular weight is 325 g/mol. The smallest absolute Gasteiger partial charge is 0.203 e. The molecule has 3 heterocycles. The molecular formula is C17H19N5O2. The van der Waals surface area contributed by atoms with Crippen molar-refractivity contribution in [3.8, 4) is 11.5 Å². The van der Waals surface area contributed by atoms with Gasteiger partial charge in [0.2, 0.25) is 5.65 Å². The summed E-state index contributed by atoms with van der Waals surface area (Å²) >= 11 is 0. The van der Waals surface area contributed by atoms with Gasteiger partial charge in [0, 0.05) is 30.6 Å². The van der Waals surface area contributed by atoms with Crippen molar-refractivity contribution in [2.75, 3.05) is 25.7 Å². The molecule has 1 atom stereocenters. The van der Waals surface area contributed by atoms with Crippen LogP contribution < -0.4 is 14.4 Å². The Hall–Kier alpha value is -2.83. The molecule has 4 rings (SSSR count). The molecule has 24 heavy (non-hydrogen) atoms. The van der Waals surface area contributed by atoms with Gasteiger partial charge in [-0.05, 0) is 25.0 Å². The molecular weight excluding hydrogens is 306 g/mol. The highest BCUT2D eigenvalue weighted by Gasteiger charge is 2.31. The lowest BCUT2D eigenvalue weighted by atomic mass is 10.0. The van der Waals surface area contributed by atoms with Crippen LogP contribution in [0.3, 0.4) is 0 Å². The summed E-state index contributed by atoms with van der Waals surface area (Å²) in [5, 5.41) is 8.21. The van der Waals surface area contributed by atoms with Gasteiger partial charge in [-0.25, -0.2) is 4.98 Å². The van der Waals surface area contributed by atoms with Gasteiger partial charge in [-0.2, -0.15) is 0 Å². The lowest BCUT2D eigenvalue weighted by molar-refractivity contribution is 0.388. The van der Waals surface area contributed by atoms with Crippen molar-refractivity contribution in [1.29, 1.82) is 0 Å². The zero-order valence-corrected chi connectivity index (χ0v) is 13.7. The van der Waals surface area contributed by atoms with Crippen LogP contribution in [0.2, 0.25) is 0 Å². The van der Waals surface area contributed by atoms with E-state index in [0.29, 0.717) is 0 Å². The first-order valence-electron chi connectivity index (χ1n) is 7.94. The molecule has 1 fully saturated rings. The van der Waals surface area contributed by atoms with E-state index < -0.39 is 0 Å². The molecule has 0 bridgehead atoms. The maximum absolute atomic E-state index is 5.60. The Morgan fingerprint density at radius 2 is 2.12 bits per heavy atom. The number of ether oxygens (including phenoxy) is 2. The van der Waals surface area contributed by atoms with Gasteiger partial charge in [0.25, 0.3) is 0 Å². The summed E-state index contributed by atoms with van der Waals surface area (Å²) in [6.45, 7) is 0.930. The van der Waals surface area contributed by atoms with E-state index >= 15 is 0 Å². The van der Waals surface area contributed by atoms with Gasteiger partial charge < -0.3 is 14.4 Å². The highest BCUT2D eigenvalue weighted by Crippen LogP contribution is 2.41. The number of aromatic nitrogens is 4. The number of rotatable bonds is 4. The van der Waals surface area contributed by atoms with Gasteiger partial charge in [-0.3, -0.25) is 4.40 Å². The summed E-state index contributed by atoms with van der Waals surface area (Å²) in [4.78, 5) is 6.85. The van der Waals surface area contributed by atoms with Crippen LogP contribution in [-0.4, -0.2) is 40.3 Å². The number of benzene rings is 1. The van der Waals surface area contributed by atoms with Crippen LogP contribution in [0.5, 0.6) is 11.5 Å². The maximum atomic E-state index is 5.60. The third kappa shape index (κ3) is 2.33. The number of fused-ring (bicyclic) bond motifs is 1. The van der Waals surface area contributed by atoms with E-state index in [0.717, 1.165) is 47.9 Å². The molecule has 1 aromatic carbocycles. The predicted molar refractivity (Wildman–Crippen MR) is 89.6 cm³/mol. The third-order valence-corrected chi connectivity index (χ3v) is 4.52. The van der Waals surface area contributed by atoms with E-state index in [4.69, 9.17) is 9.47 Å². The molecule has 0 saturated carbocycles. The average Bonchev–Trinajstić information content (AvgIpc) is 3.29. The van der Waals surface area contributed by atoms with Crippen LogP contribution in [0, 0.1) is 0 Å². The van der Waals surface area contributed by atoms with Gasteiger partial charge in [-0.1, -0.05) is 0 Å². The topological polar surface area (TPSA) is 64.8 Å². The molecule has 124 valence electrons. The molecule has 0 amide bonds. The standard InChI is InChI=1S/C17H19N5O2/c1-23-12-5-6-13(15(10-12)24-2)14-4-3-8-22(14)16-17-20-19-11-21(17)9-7-18-16/h5-7,9-11,14H,3-4,8H2,1-2H3. The summed E-state index contributed by atoms with van der Waals surface area (Å²) in [6, 6.07) is 6.17. The highest BCUT2D eigenvalue weighted by atomic mass is 16.5. The zero-order valence-electron chi connectivity index (χ0n) is 13.7. The maximum Gasteiger partial charge on any atom is 0.203 e. The largest absolute Gasteiger partial charge is 0.497 e. The number of hydrogen-bond donors (Lipinski definition) is 0. The fourth-order valence-electron chi connectivity index (χ4n) is 3.39. The highest BCUT2D eigenvalue weighted by molar-refractivity contribution is 5.65. The summed E-state index contributed by atoms with van der Waals surface area (Å²) < 4.78 is 12.8. The molecule has 1 saturated heterocycles. The number of nitrogens with zero attached hydrogens (tertiary/aromatic N) is 5. The van der Waals surface area contributed by atoms with E-state index in [1.54, 1.807) is 26.7 Å². The fourth-order valence-corrected chi connectivity index (χ4v) is 3.39. The summed E-state index contributed by atoms with van der Waals surface area (Å²) in [6.07, 6.45) is 7.47. The van der Waals surface area contributed by atoms with Gasteiger partial charge in [0.15, 0.2) is 5.82 Å². The Bertz CT molecular complexity index is 863. The first-order chi connectivity index (χ1) is 11.8. The minimum absolute atomic E-state index is 0.196. The minimum atomic E-state index is 0.196. The minimum Gasteiger partial charge on any atom is -0.497 e. The van der Waals surface area contributed by atoms with Crippen LogP contribution in [0.4, 0.5) is 5.82 Å². The summed E-state index contributed by atoms with van der Waals surface area (Å²) in [5.41, 5.74) is 1.91. The molecule has 7 heteroatoms. The molecule has 2 aromatic heterocycles. The van der Waals surface area contributed by atoms with Gasteiger partial charge >= 0.3 is 0 Å². The molecule has 0 N–H and O–H groups in total. The molecule has 1 unspecified atom stereocenters. The van der Waals surface area contributed by atoms with Crippen LogP contribution >= 0.6 is 0 Å². The normalized spacial score (nSPS) is 17.4. The van der Waals surface area contributed by atoms with Crippen molar-refractivity contribution in [3.63, 3.8) is 0 Å². The quantitative estimate of drug-likeness (QED) is 0.734. The molecule has 0 radical (unpaired) electrons. The SMILES string of the molecule is COc1ccc(C2CCCN2c2nccn3cnnc23)c(OC)c1. The van der Waals surface area contributed by atoms with Crippen molar-refractivity contribution in [1.82, 2.24) is 19.6 Å². The molecule has 1 aliphatic rings. The molecule has 3 aromatic rings. The van der Waals surface area contributed by atoms with E-state index in [-0.39, 0.29) is 6.04 Å². The predicted octanol–water partition coefficient (Wildman–Crippen LogP) is 2.48. The van der Waals surface area contributed by atoms with Gasteiger partial charge in [0.05, 0.1) is 20.3 Å². The van der Waals surface area contributed by atoms with Crippen LogP contribution in [0.25, 0.3) is 5.65 Å². The Kier molecular flexibility index (Phi) is 3.68. The number of methoxy groups -OCH3 is 2. The van der Waals surface area contributed by atoms with E-state index in [9.17, 15) is 0 Å². The molecule has 7 nitrogen and oxygen atoms in total. The summed E-state index contributed by atoms with van der Waals surface area (Å²) in [5.74, 6) is 2.48. The second-order valence-corrected chi connectivity index (χ2v) is 5.77. The van der Waals surface area contributed by atoms with Crippen molar-refractivity contribution < 1.29 is 9.47 Å². The van der Waals surface area contributed by atoms with E-state index in [1.807, 2.05) is 22.7 Å². The molecule has 0 aliphatic carbocycles. The van der Waals surface area contributed by atoms with Crippen molar-refractivity contribution in [2.24, 2.45) is 0 Å². The Morgan fingerprint density at radius 1 is 1.21 bits per heavy atom. The zero-order chi connectivity index (χ0) is 16.5. The van der Waals surface area contributed by atoms with Crippen LogP contribution in [-0.2, 0) is 0 Å². The number of hydrogen-bond acceptors (Lipinski definition) is 6. The third-order valence-electron chi connectivity index (χ3n) is 4.52. The Balaban J connectivity index is 1.77. The van der Waals surface area contributed by atoms with E-state index in [1.165, 1.54) is 0 Å². The van der Waals surface area contributed by atoms with Crippen LogP contribution in [0.1, 0.15) is 24.4 Å². The second kappa shape index (κ2) is 5.99. The Morgan fingerprint density at radius 3 is 2.96 bits per heavy atom. The first-order valence-corrected chi connectivity index (χ1v) is 7.94. The molecule has 0 spiro atoms. The molecule has 1 aliphatic heterocycles.